The molecule has 0 aliphatic carbocycles. The van der Waals surface area contributed by atoms with Gasteiger partial charge in [0.1, 0.15) is 5.82 Å². The molecule has 1 heterocycles. The summed E-state index contributed by atoms with van der Waals surface area (Å²) in [5.41, 5.74) is 4.64. The van der Waals surface area contributed by atoms with Crippen molar-refractivity contribution >= 4 is 11.0 Å². The van der Waals surface area contributed by atoms with Crippen LogP contribution in [-0.4, -0.2) is 40.2 Å². The zero-order chi connectivity index (χ0) is 12.4. The predicted molar refractivity (Wildman–Crippen MR) is 69.0 cm³/mol. The fourth-order valence-corrected chi connectivity index (χ4v) is 1.90. The number of aryl methyl sites for hydroxylation is 2. The van der Waals surface area contributed by atoms with E-state index >= 15 is 0 Å². The SMILES string of the molecule is Cc1cc2nc(CN(C)CCO)[nH]c2cc1C. The Bertz CT molecular complexity index is 480. The van der Waals surface area contributed by atoms with Crippen molar-refractivity contribution in [3.8, 4) is 0 Å². The van der Waals surface area contributed by atoms with Crippen molar-refractivity contribution < 1.29 is 5.11 Å². The Kier molecular flexibility index (Phi) is 3.45. The summed E-state index contributed by atoms with van der Waals surface area (Å²) in [5.74, 6) is 0.945. The van der Waals surface area contributed by atoms with E-state index in [0.29, 0.717) is 6.54 Å². The molecule has 2 rings (SSSR count). The van der Waals surface area contributed by atoms with Gasteiger partial charge in [0.2, 0.25) is 0 Å². The molecule has 0 bridgehead atoms. The summed E-state index contributed by atoms with van der Waals surface area (Å²) in [5, 5.41) is 8.85. The van der Waals surface area contributed by atoms with E-state index in [2.05, 4.69) is 35.9 Å². The molecule has 0 unspecified atom stereocenters. The summed E-state index contributed by atoms with van der Waals surface area (Å²) in [6.07, 6.45) is 0. The number of fused-ring (bicyclic) bond motifs is 1. The Labute approximate surface area is 101 Å². The summed E-state index contributed by atoms with van der Waals surface area (Å²) in [7, 11) is 1.97. The summed E-state index contributed by atoms with van der Waals surface area (Å²) in [6.45, 7) is 5.77. The molecule has 0 radical (unpaired) electrons. The van der Waals surface area contributed by atoms with Gasteiger partial charge in [0, 0.05) is 6.54 Å². The van der Waals surface area contributed by atoms with Crippen LogP contribution in [0.2, 0.25) is 0 Å². The number of aromatic amines is 1. The first kappa shape index (κ1) is 12.1. The molecule has 0 amide bonds. The van der Waals surface area contributed by atoms with Crippen LogP contribution in [0.25, 0.3) is 11.0 Å². The van der Waals surface area contributed by atoms with Crippen molar-refractivity contribution in [3.63, 3.8) is 0 Å². The van der Waals surface area contributed by atoms with Crippen LogP contribution >= 0.6 is 0 Å². The molecule has 0 saturated heterocycles. The van der Waals surface area contributed by atoms with Crippen LogP contribution in [-0.2, 0) is 6.54 Å². The van der Waals surface area contributed by atoms with Crippen LogP contribution < -0.4 is 0 Å². The molecule has 0 fully saturated rings. The smallest absolute Gasteiger partial charge is 0.121 e. The molecular weight excluding hydrogens is 214 g/mol. The van der Waals surface area contributed by atoms with Gasteiger partial charge in [-0.05, 0) is 44.2 Å². The highest BCUT2D eigenvalue weighted by Crippen LogP contribution is 2.17. The molecule has 2 aromatic rings. The number of benzene rings is 1. The van der Waals surface area contributed by atoms with Crippen LogP contribution in [0, 0.1) is 13.8 Å². The zero-order valence-corrected chi connectivity index (χ0v) is 10.6. The number of aromatic nitrogens is 2. The number of aliphatic hydroxyl groups is 1. The van der Waals surface area contributed by atoms with Crippen LogP contribution in [0.3, 0.4) is 0 Å². The van der Waals surface area contributed by atoms with Gasteiger partial charge in [-0.1, -0.05) is 0 Å². The van der Waals surface area contributed by atoms with Gasteiger partial charge in [-0.2, -0.15) is 0 Å². The number of imidazole rings is 1. The van der Waals surface area contributed by atoms with Crippen LogP contribution in [0.4, 0.5) is 0 Å². The summed E-state index contributed by atoms with van der Waals surface area (Å²) >= 11 is 0. The Balaban J connectivity index is 2.25. The average Bonchev–Trinajstić information content (AvgIpc) is 2.60. The Morgan fingerprint density at radius 1 is 1.29 bits per heavy atom. The normalized spacial score (nSPS) is 11.6. The average molecular weight is 233 g/mol. The lowest BCUT2D eigenvalue weighted by molar-refractivity contribution is 0.215. The molecule has 0 spiro atoms. The van der Waals surface area contributed by atoms with Crippen molar-refractivity contribution in [1.29, 1.82) is 0 Å². The van der Waals surface area contributed by atoms with E-state index in [-0.39, 0.29) is 6.61 Å². The van der Waals surface area contributed by atoms with E-state index in [4.69, 9.17) is 5.11 Å². The topological polar surface area (TPSA) is 52.1 Å². The number of hydrogen-bond donors (Lipinski definition) is 2. The van der Waals surface area contributed by atoms with Crippen LogP contribution in [0.15, 0.2) is 12.1 Å². The number of nitrogens with one attached hydrogen (secondary N) is 1. The monoisotopic (exact) mass is 233 g/mol. The van der Waals surface area contributed by atoms with Crippen LogP contribution in [0.5, 0.6) is 0 Å². The van der Waals surface area contributed by atoms with Gasteiger partial charge in [0.15, 0.2) is 0 Å². The minimum absolute atomic E-state index is 0.176. The molecule has 4 heteroatoms. The molecular formula is C13H19N3O. The highest BCUT2D eigenvalue weighted by Gasteiger charge is 2.06. The van der Waals surface area contributed by atoms with Crippen LogP contribution in [0.1, 0.15) is 17.0 Å². The van der Waals surface area contributed by atoms with E-state index in [9.17, 15) is 0 Å². The quantitative estimate of drug-likeness (QED) is 0.843. The molecule has 0 saturated carbocycles. The van der Waals surface area contributed by atoms with Gasteiger partial charge >= 0.3 is 0 Å². The number of nitrogens with zero attached hydrogens (tertiary/aromatic N) is 2. The third-order valence-electron chi connectivity index (χ3n) is 3.05. The summed E-state index contributed by atoms with van der Waals surface area (Å²) in [4.78, 5) is 9.92. The zero-order valence-electron chi connectivity index (χ0n) is 10.6. The van der Waals surface area contributed by atoms with Gasteiger partial charge in [0.25, 0.3) is 0 Å². The number of H-pyrrole nitrogens is 1. The Morgan fingerprint density at radius 3 is 2.71 bits per heavy atom. The fourth-order valence-electron chi connectivity index (χ4n) is 1.90. The Hall–Kier alpha value is -1.39. The maximum Gasteiger partial charge on any atom is 0.121 e. The second-order valence-corrected chi connectivity index (χ2v) is 4.60. The van der Waals surface area contributed by atoms with Gasteiger partial charge in [-0.25, -0.2) is 4.98 Å². The number of aliphatic hydroxyl groups excluding tert-OH is 1. The molecule has 92 valence electrons. The number of hydrogen-bond acceptors (Lipinski definition) is 3. The molecule has 1 aromatic heterocycles. The van der Waals surface area contributed by atoms with E-state index in [1.807, 2.05) is 11.9 Å². The maximum absolute atomic E-state index is 8.85. The van der Waals surface area contributed by atoms with Gasteiger partial charge in [-0.15, -0.1) is 0 Å². The number of rotatable bonds is 4. The predicted octanol–water partition coefficient (Wildman–Crippen LogP) is 1.60. The minimum Gasteiger partial charge on any atom is -0.395 e. The summed E-state index contributed by atoms with van der Waals surface area (Å²) in [6, 6.07) is 4.24. The number of likely N-dealkylation sites (N-methyl/N-ethyl adjacent to an activating group) is 1. The van der Waals surface area contributed by atoms with E-state index in [1.54, 1.807) is 0 Å². The molecule has 2 N–H and O–H groups in total. The maximum atomic E-state index is 8.85. The standard InChI is InChI=1S/C13H19N3O/c1-9-6-11-12(7-10(9)2)15-13(14-11)8-16(3)4-5-17/h6-7,17H,4-5,8H2,1-3H3,(H,14,15). The van der Waals surface area contributed by atoms with Crippen molar-refractivity contribution in [2.45, 2.75) is 20.4 Å². The second-order valence-electron chi connectivity index (χ2n) is 4.60. The second kappa shape index (κ2) is 4.85. The van der Waals surface area contributed by atoms with Crippen molar-refractivity contribution in [1.82, 2.24) is 14.9 Å². The fraction of sp³-hybridized carbons (Fsp3) is 0.462. The van der Waals surface area contributed by atoms with Crippen molar-refractivity contribution in [2.24, 2.45) is 0 Å². The largest absolute Gasteiger partial charge is 0.395 e. The van der Waals surface area contributed by atoms with E-state index in [1.165, 1.54) is 11.1 Å². The third kappa shape index (κ3) is 2.65. The third-order valence-corrected chi connectivity index (χ3v) is 3.05. The molecule has 4 nitrogen and oxygen atoms in total. The van der Waals surface area contributed by atoms with Gasteiger partial charge in [0.05, 0.1) is 24.2 Å². The lowest BCUT2D eigenvalue weighted by Crippen LogP contribution is -2.22. The Morgan fingerprint density at radius 2 is 2.00 bits per heavy atom. The van der Waals surface area contributed by atoms with E-state index < -0.39 is 0 Å². The lowest BCUT2D eigenvalue weighted by Gasteiger charge is -2.12. The minimum atomic E-state index is 0.176. The van der Waals surface area contributed by atoms with Gasteiger partial charge in [-0.3, -0.25) is 4.90 Å². The van der Waals surface area contributed by atoms with Crippen molar-refractivity contribution in [3.05, 3.63) is 29.1 Å². The highest BCUT2D eigenvalue weighted by molar-refractivity contribution is 5.77. The molecule has 0 aliphatic heterocycles. The first-order valence-electron chi connectivity index (χ1n) is 5.85. The molecule has 1 aromatic carbocycles. The summed E-state index contributed by atoms with van der Waals surface area (Å²) < 4.78 is 0. The first-order chi connectivity index (χ1) is 8.10. The molecule has 0 aliphatic rings. The van der Waals surface area contributed by atoms with E-state index in [0.717, 1.165) is 23.4 Å². The van der Waals surface area contributed by atoms with Crippen molar-refractivity contribution in [2.75, 3.05) is 20.2 Å². The van der Waals surface area contributed by atoms with Gasteiger partial charge < -0.3 is 10.1 Å². The molecule has 0 atom stereocenters. The first-order valence-corrected chi connectivity index (χ1v) is 5.85. The lowest BCUT2D eigenvalue weighted by atomic mass is 10.1. The highest BCUT2D eigenvalue weighted by atomic mass is 16.3. The molecule has 17 heavy (non-hydrogen) atoms.